The smallest absolute Gasteiger partial charge is 0.327 e. The van der Waals surface area contributed by atoms with Gasteiger partial charge in [0.05, 0.1) is 6.54 Å². The van der Waals surface area contributed by atoms with Crippen molar-refractivity contribution < 1.29 is 23.8 Å². The lowest BCUT2D eigenvalue weighted by Gasteiger charge is -2.19. The van der Waals surface area contributed by atoms with Crippen molar-refractivity contribution in [3.8, 4) is 5.75 Å². The van der Waals surface area contributed by atoms with E-state index in [0.29, 0.717) is 18.7 Å². The van der Waals surface area contributed by atoms with E-state index in [1.54, 1.807) is 4.90 Å². The third kappa shape index (κ3) is 2.76. The lowest BCUT2D eigenvalue weighted by molar-refractivity contribution is -0.129. The number of hydrogen-bond donors (Lipinski definition) is 1. The van der Waals surface area contributed by atoms with Crippen molar-refractivity contribution in [3.63, 3.8) is 0 Å². The number of urea groups is 1. The zero-order valence-corrected chi connectivity index (χ0v) is 11.9. The molecule has 0 bridgehead atoms. The van der Waals surface area contributed by atoms with Gasteiger partial charge in [-0.15, -0.1) is 0 Å². The highest BCUT2D eigenvalue weighted by Crippen LogP contribution is 2.27. The molecule has 2 saturated heterocycles. The van der Waals surface area contributed by atoms with Gasteiger partial charge in [-0.3, -0.25) is 9.69 Å². The van der Waals surface area contributed by atoms with Crippen LogP contribution in [0.4, 0.5) is 9.18 Å². The Hall–Kier alpha value is -2.15. The molecule has 2 atom stereocenters. The Labute approximate surface area is 127 Å². The summed E-state index contributed by atoms with van der Waals surface area (Å²) in [5, 5.41) is 9.96. The van der Waals surface area contributed by atoms with E-state index in [1.165, 1.54) is 24.3 Å². The van der Waals surface area contributed by atoms with E-state index in [0.717, 1.165) is 11.3 Å². The summed E-state index contributed by atoms with van der Waals surface area (Å²) in [6, 6.07) is 4.70. The van der Waals surface area contributed by atoms with Crippen molar-refractivity contribution in [1.82, 2.24) is 9.80 Å². The zero-order valence-electron chi connectivity index (χ0n) is 11.9. The van der Waals surface area contributed by atoms with Crippen molar-refractivity contribution in [3.05, 3.63) is 30.1 Å². The van der Waals surface area contributed by atoms with Gasteiger partial charge in [0, 0.05) is 6.54 Å². The van der Waals surface area contributed by atoms with Gasteiger partial charge in [-0.05, 0) is 37.1 Å². The largest absolute Gasteiger partial charge is 0.491 e. The SMILES string of the molecule is O=C1[C@@H]2CCCN2C(=O)N1C[C@H](O)COc1ccc(F)cc1. The van der Waals surface area contributed by atoms with Crippen LogP contribution >= 0.6 is 0 Å². The molecule has 3 rings (SSSR count). The minimum atomic E-state index is -0.988. The van der Waals surface area contributed by atoms with E-state index in [4.69, 9.17) is 4.74 Å². The van der Waals surface area contributed by atoms with E-state index in [2.05, 4.69) is 0 Å². The molecule has 1 N–H and O–H groups in total. The number of carbonyl (C=O) groups excluding carboxylic acids is 2. The van der Waals surface area contributed by atoms with Crippen LogP contribution in [0.1, 0.15) is 12.8 Å². The molecule has 6 nitrogen and oxygen atoms in total. The van der Waals surface area contributed by atoms with Crippen LogP contribution < -0.4 is 4.74 Å². The van der Waals surface area contributed by atoms with Crippen LogP contribution in [0, 0.1) is 5.82 Å². The molecule has 118 valence electrons. The van der Waals surface area contributed by atoms with Crippen LogP contribution in [0.2, 0.25) is 0 Å². The average Bonchev–Trinajstić information content (AvgIpc) is 3.07. The summed E-state index contributed by atoms with van der Waals surface area (Å²) in [5.41, 5.74) is 0. The van der Waals surface area contributed by atoms with Crippen molar-refractivity contribution in [1.29, 1.82) is 0 Å². The number of nitrogens with zero attached hydrogens (tertiary/aromatic N) is 2. The molecule has 2 aliphatic heterocycles. The molecular weight excluding hydrogens is 291 g/mol. The summed E-state index contributed by atoms with van der Waals surface area (Å²) in [4.78, 5) is 26.8. The van der Waals surface area contributed by atoms with E-state index >= 15 is 0 Å². The van der Waals surface area contributed by atoms with Gasteiger partial charge in [-0.1, -0.05) is 0 Å². The fraction of sp³-hybridized carbons (Fsp3) is 0.467. The van der Waals surface area contributed by atoms with Crippen molar-refractivity contribution in [2.45, 2.75) is 25.0 Å². The second kappa shape index (κ2) is 5.92. The van der Waals surface area contributed by atoms with Gasteiger partial charge in [-0.2, -0.15) is 0 Å². The highest BCUT2D eigenvalue weighted by atomic mass is 19.1. The number of benzene rings is 1. The first kappa shape index (κ1) is 14.8. The predicted molar refractivity (Wildman–Crippen MR) is 74.7 cm³/mol. The topological polar surface area (TPSA) is 70.1 Å². The molecule has 0 saturated carbocycles. The molecule has 3 amide bonds. The quantitative estimate of drug-likeness (QED) is 0.824. The van der Waals surface area contributed by atoms with Crippen LogP contribution in [-0.4, -0.2) is 58.7 Å². The normalized spacial score (nSPS) is 22.2. The van der Waals surface area contributed by atoms with Crippen LogP contribution in [0.25, 0.3) is 0 Å². The van der Waals surface area contributed by atoms with Crippen LogP contribution in [0.15, 0.2) is 24.3 Å². The number of β-amino-alcohol motifs (C(OH)–C–C–N with tert-alkyl or cyclic N) is 1. The van der Waals surface area contributed by atoms with E-state index < -0.39 is 6.10 Å². The van der Waals surface area contributed by atoms with E-state index in [-0.39, 0.29) is 36.9 Å². The number of amides is 3. The Balaban J connectivity index is 1.53. The number of imide groups is 1. The minimum Gasteiger partial charge on any atom is -0.491 e. The number of ether oxygens (including phenoxy) is 1. The number of carbonyl (C=O) groups is 2. The molecule has 0 aliphatic carbocycles. The van der Waals surface area contributed by atoms with E-state index in [9.17, 15) is 19.1 Å². The first-order valence-electron chi connectivity index (χ1n) is 7.24. The maximum absolute atomic E-state index is 12.8. The molecule has 0 spiro atoms. The fourth-order valence-electron chi connectivity index (χ4n) is 2.84. The lowest BCUT2D eigenvalue weighted by atomic mass is 10.2. The van der Waals surface area contributed by atoms with Gasteiger partial charge in [-0.25, -0.2) is 9.18 Å². The van der Waals surface area contributed by atoms with E-state index in [1.807, 2.05) is 0 Å². The number of aliphatic hydroxyl groups excluding tert-OH is 1. The molecule has 0 radical (unpaired) electrons. The molecule has 1 aromatic carbocycles. The third-order valence-corrected chi connectivity index (χ3v) is 3.93. The minimum absolute atomic E-state index is 0.0760. The van der Waals surface area contributed by atoms with Crippen LogP contribution in [-0.2, 0) is 4.79 Å². The molecule has 22 heavy (non-hydrogen) atoms. The average molecular weight is 308 g/mol. The Morgan fingerprint density at radius 2 is 2.05 bits per heavy atom. The van der Waals surface area contributed by atoms with Crippen molar-refractivity contribution >= 4 is 11.9 Å². The molecule has 0 unspecified atom stereocenters. The number of aliphatic hydroxyl groups is 1. The summed E-state index contributed by atoms with van der Waals surface area (Å²) in [6.45, 7) is 0.424. The molecule has 2 heterocycles. The number of rotatable bonds is 5. The maximum atomic E-state index is 12.8. The number of halogens is 1. The second-order valence-electron chi connectivity index (χ2n) is 5.50. The highest BCUT2D eigenvalue weighted by Gasteiger charge is 2.47. The fourth-order valence-corrected chi connectivity index (χ4v) is 2.84. The summed E-state index contributed by atoms with van der Waals surface area (Å²) in [7, 11) is 0. The molecule has 1 aromatic rings. The molecule has 2 aliphatic rings. The Morgan fingerprint density at radius 3 is 2.73 bits per heavy atom. The van der Waals surface area contributed by atoms with Gasteiger partial charge in [0.15, 0.2) is 0 Å². The maximum Gasteiger partial charge on any atom is 0.327 e. The Morgan fingerprint density at radius 1 is 1.32 bits per heavy atom. The van der Waals surface area contributed by atoms with Gasteiger partial charge in [0.25, 0.3) is 5.91 Å². The Bertz CT molecular complexity index is 555. The molecule has 7 heteroatoms. The van der Waals surface area contributed by atoms with Crippen molar-refractivity contribution in [2.75, 3.05) is 19.7 Å². The van der Waals surface area contributed by atoms with Gasteiger partial charge >= 0.3 is 6.03 Å². The Kier molecular flexibility index (Phi) is 3.98. The zero-order chi connectivity index (χ0) is 15.7. The van der Waals surface area contributed by atoms with Gasteiger partial charge in [0.2, 0.25) is 0 Å². The first-order valence-corrected chi connectivity index (χ1v) is 7.24. The summed E-state index contributed by atoms with van der Waals surface area (Å²) < 4.78 is 18.1. The molecular formula is C15H17FN2O4. The number of fused-ring (bicyclic) bond motifs is 1. The summed E-state index contributed by atoms with van der Waals surface area (Å²) >= 11 is 0. The van der Waals surface area contributed by atoms with Crippen LogP contribution in [0.3, 0.4) is 0 Å². The standard InChI is InChI=1S/C15H17FN2O4/c16-10-3-5-12(6-4-10)22-9-11(19)8-18-14(20)13-2-1-7-17(13)15(18)21/h3-6,11,13,19H,1-2,7-9H2/t11-,13-/m0/s1. The second-order valence-corrected chi connectivity index (χ2v) is 5.50. The molecule has 2 fully saturated rings. The first-order chi connectivity index (χ1) is 10.6. The lowest BCUT2D eigenvalue weighted by Crippen LogP contribution is -2.41. The third-order valence-electron chi connectivity index (χ3n) is 3.93. The molecule has 0 aromatic heterocycles. The van der Waals surface area contributed by atoms with Crippen LogP contribution in [0.5, 0.6) is 5.75 Å². The predicted octanol–water partition coefficient (Wildman–Crippen LogP) is 0.992. The highest BCUT2D eigenvalue weighted by molar-refractivity contribution is 6.04. The summed E-state index contributed by atoms with van der Waals surface area (Å²) in [6.07, 6.45) is 0.535. The number of hydrogen-bond acceptors (Lipinski definition) is 4. The van der Waals surface area contributed by atoms with Gasteiger partial charge in [0.1, 0.15) is 30.3 Å². The monoisotopic (exact) mass is 308 g/mol. The van der Waals surface area contributed by atoms with Gasteiger partial charge < -0.3 is 14.7 Å². The van der Waals surface area contributed by atoms with Crippen molar-refractivity contribution in [2.24, 2.45) is 0 Å². The summed E-state index contributed by atoms with van der Waals surface area (Å²) in [5.74, 6) is -0.203.